The van der Waals surface area contributed by atoms with Crippen LogP contribution >= 0.6 is 11.8 Å². The Balaban J connectivity index is 1.46. The molecule has 7 nitrogen and oxygen atoms in total. The van der Waals surface area contributed by atoms with E-state index in [-0.39, 0.29) is 5.37 Å². The largest absolute Gasteiger partial charge is 0.497 e. The third kappa shape index (κ3) is 2.53. The summed E-state index contributed by atoms with van der Waals surface area (Å²) in [6.45, 7) is 1.13. The summed E-state index contributed by atoms with van der Waals surface area (Å²) in [4.78, 5) is 0. The first kappa shape index (κ1) is 15.4. The van der Waals surface area contributed by atoms with Gasteiger partial charge in [-0.25, -0.2) is 4.68 Å². The van der Waals surface area contributed by atoms with Crippen LogP contribution in [0.3, 0.4) is 0 Å². The van der Waals surface area contributed by atoms with Gasteiger partial charge in [-0.3, -0.25) is 0 Å². The number of hydrogen-bond donors (Lipinski definition) is 1. The lowest BCUT2D eigenvalue weighted by atomic mass is 10.2. The van der Waals surface area contributed by atoms with Gasteiger partial charge in [0.25, 0.3) is 0 Å². The lowest BCUT2D eigenvalue weighted by Gasteiger charge is -2.19. The Morgan fingerprint density at radius 2 is 2.00 bits per heavy atom. The van der Waals surface area contributed by atoms with Crippen molar-refractivity contribution in [3.63, 3.8) is 0 Å². The molecule has 0 bridgehead atoms. The van der Waals surface area contributed by atoms with Crippen LogP contribution < -0.4 is 19.6 Å². The summed E-state index contributed by atoms with van der Waals surface area (Å²) in [5.74, 6) is 3.08. The van der Waals surface area contributed by atoms with E-state index < -0.39 is 0 Å². The van der Waals surface area contributed by atoms with Gasteiger partial charge in [-0.1, -0.05) is 23.9 Å². The van der Waals surface area contributed by atoms with E-state index in [0.29, 0.717) is 13.2 Å². The van der Waals surface area contributed by atoms with Gasteiger partial charge >= 0.3 is 0 Å². The molecule has 26 heavy (non-hydrogen) atoms. The van der Waals surface area contributed by atoms with Crippen LogP contribution in [0.5, 0.6) is 17.2 Å². The molecule has 0 aliphatic carbocycles. The van der Waals surface area contributed by atoms with Crippen LogP contribution in [0.15, 0.2) is 47.6 Å². The molecule has 2 aromatic carbocycles. The fraction of sp³-hybridized carbons (Fsp3) is 0.222. The minimum absolute atomic E-state index is 0.0477. The summed E-state index contributed by atoms with van der Waals surface area (Å²) in [6.07, 6.45) is 0. The second-order valence-electron chi connectivity index (χ2n) is 5.90. The van der Waals surface area contributed by atoms with Crippen molar-refractivity contribution < 1.29 is 14.2 Å². The number of benzene rings is 2. The van der Waals surface area contributed by atoms with Crippen molar-refractivity contribution in [3.05, 3.63) is 48.0 Å². The van der Waals surface area contributed by atoms with E-state index in [9.17, 15) is 0 Å². The maximum atomic E-state index is 5.68. The van der Waals surface area contributed by atoms with Gasteiger partial charge in [0.1, 0.15) is 24.3 Å². The normalized spacial score (nSPS) is 17.5. The number of aromatic nitrogens is 3. The van der Waals surface area contributed by atoms with E-state index in [1.54, 1.807) is 18.9 Å². The summed E-state index contributed by atoms with van der Waals surface area (Å²) in [5.41, 5.74) is 5.50. The molecule has 2 aliphatic heterocycles. The highest BCUT2D eigenvalue weighted by Gasteiger charge is 2.28. The molecule has 0 saturated heterocycles. The van der Waals surface area contributed by atoms with E-state index >= 15 is 0 Å². The van der Waals surface area contributed by atoms with Crippen LogP contribution in [0.4, 0.5) is 0 Å². The second kappa shape index (κ2) is 6.14. The molecule has 1 unspecified atom stereocenters. The Morgan fingerprint density at radius 1 is 1.12 bits per heavy atom. The highest BCUT2D eigenvalue weighted by atomic mass is 32.2. The molecule has 2 aliphatic rings. The first-order chi connectivity index (χ1) is 12.8. The quantitative estimate of drug-likeness (QED) is 0.762. The van der Waals surface area contributed by atoms with Crippen LogP contribution in [0.2, 0.25) is 0 Å². The van der Waals surface area contributed by atoms with E-state index in [1.807, 2.05) is 41.1 Å². The van der Waals surface area contributed by atoms with E-state index in [0.717, 1.165) is 39.4 Å². The molecule has 0 amide bonds. The van der Waals surface area contributed by atoms with Gasteiger partial charge in [-0.15, -0.1) is 10.2 Å². The zero-order valence-corrected chi connectivity index (χ0v) is 14.8. The first-order valence-corrected chi connectivity index (χ1v) is 9.12. The highest BCUT2D eigenvalue weighted by molar-refractivity contribution is 7.99. The van der Waals surface area contributed by atoms with E-state index in [1.165, 1.54) is 0 Å². The smallest absolute Gasteiger partial charge is 0.212 e. The van der Waals surface area contributed by atoms with Crippen LogP contribution in [-0.4, -0.2) is 35.2 Å². The SMILES string of the molecule is COc1cccc(C2Nn3c(nnc3-c3ccc4c(c3)OCCO4)S2)c1. The molecule has 132 valence electrons. The van der Waals surface area contributed by atoms with Gasteiger partial charge in [-0.05, 0) is 35.9 Å². The molecule has 3 aromatic rings. The standard InChI is InChI=1S/C18H16N4O3S/c1-23-13-4-2-3-12(9-13)17-21-22-16(19-20-18(22)26-17)11-5-6-14-15(10-11)25-8-7-24-14/h2-6,9-10,17,21H,7-8H2,1H3. The molecule has 1 aromatic heterocycles. The molecule has 8 heteroatoms. The lowest BCUT2D eigenvalue weighted by molar-refractivity contribution is 0.171. The van der Waals surface area contributed by atoms with Crippen molar-refractivity contribution in [1.82, 2.24) is 14.9 Å². The predicted molar refractivity (Wildman–Crippen MR) is 97.4 cm³/mol. The van der Waals surface area contributed by atoms with Crippen molar-refractivity contribution in [3.8, 4) is 28.6 Å². The van der Waals surface area contributed by atoms with Crippen molar-refractivity contribution in [1.29, 1.82) is 0 Å². The molecule has 1 N–H and O–H groups in total. The maximum Gasteiger partial charge on any atom is 0.212 e. The minimum atomic E-state index is 0.0477. The summed E-state index contributed by atoms with van der Waals surface area (Å²) >= 11 is 1.62. The number of nitrogens with one attached hydrogen (secondary N) is 1. The third-order valence-electron chi connectivity index (χ3n) is 4.30. The molecular formula is C18H16N4O3S. The van der Waals surface area contributed by atoms with Crippen molar-refractivity contribution in [2.24, 2.45) is 0 Å². The summed E-state index contributed by atoms with van der Waals surface area (Å²) < 4.78 is 18.5. The van der Waals surface area contributed by atoms with Gasteiger partial charge in [0, 0.05) is 5.56 Å². The fourth-order valence-corrected chi connectivity index (χ4v) is 4.01. The van der Waals surface area contributed by atoms with Crippen LogP contribution in [0.25, 0.3) is 11.4 Å². The van der Waals surface area contributed by atoms with Crippen molar-refractivity contribution in [2.75, 3.05) is 25.7 Å². The zero-order chi connectivity index (χ0) is 17.5. The van der Waals surface area contributed by atoms with Gasteiger partial charge in [0.15, 0.2) is 17.3 Å². The van der Waals surface area contributed by atoms with Crippen LogP contribution in [0.1, 0.15) is 10.9 Å². The summed E-state index contributed by atoms with van der Waals surface area (Å²) in [6, 6.07) is 13.8. The number of nitrogens with zero attached hydrogens (tertiary/aromatic N) is 3. The number of ether oxygens (including phenoxy) is 3. The Bertz CT molecular complexity index is 975. The van der Waals surface area contributed by atoms with Crippen molar-refractivity contribution >= 4 is 11.8 Å². The molecule has 0 saturated carbocycles. The van der Waals surface area contributed by atoms with Crippen LogP contribution in [-0.2, 0) is 0 Å². The third-order valence-corrected chi connectivity index (χ3v) is 5.39. The average Bonchev–Trinajstić information content (AvgIpc) is 3.28. The van der Waals surface area contributed by atoms with E-state index in [2.05, 4.69) is 21.7 Å². The number of fused-ring (bicyclic) bond motifs is 2. The Hall–Kier alpha value is -2.87. The molecule has 5 rings (SSSR count). The van der Waals surface area contributed by atoms with Crippen molar-refractivity contribution in [2.45, 2.75) is 10.5 Å². The molecule has 0 radical (unpaired) electrons. The molecule has 3 heterocycles. The molecular weight excluding hydrogens is 352 g/mol. The first-order valence-electron chi connectivity index (χ1n) is 8.24. The molecule has 0 spiro atoms. The van der Waals surface area contributed by atoms with E-state index in [4.69, 9.17) is 14.2 Å². The topological polar surface area (TPSA) is 70.4 Å². The Kier molecular flexibility index (Phi) is 3.63. The van der Waals surface area contributed by atoms with Gasteiger partial charge < -0.3 is 19.6 Å². The molecule has 1 atom stereocenters. The van der Waals surface area contributed by atoms with Crippen LogP contribution in [0, 0.1) is 0 Å². The minimum Gasteiger partial charge on any atom is -0.497 e. The number of rotatable bonds is 3. The fourth-order valence-electron chi connectivity index (χ4n) is 3.03. The predicted octanol–water partition coefficient (Wildman–Crippen LogP) is 3.07. The number of methoxy groups -OCH3 is 1. The number of hydrogen-bond acceptors (Lipinski definition) is 7. The van der Waals surface area contributed by atoms with Gasteiger partial charge in [0.05, 0.1) is 7.11 Å². The Morgan fingerprint density at radius 3 is 2.88 bits per heavy atom. The Labute approximate surface area is 154 Å². The zero-order valence-electron chi connectivity index (χ0n) is 14.0. The molecule has 0 fully saturated rings. The summed E-state index contributed by atoms with van der Waals surface area (Å²) in [7, 11) is 1.67. The highest BCUT2D eigenvalue weighted by Crippen LogP contribution is 2.42. The lowest BCUT2D eigenvalue weighted by Crippen LogP contribution is -2.16. The average molecular weight is 368 g/mol. The van der Waals surface area contributed by atoms with Gasteiger partial charge in [-0.2, -0.15) is 0 Å². The number of thioether (sulfide) groups is 1. The summed E-state index contributed by atoms with van der Waals surface area (Å²) in [5, 5.41) is 9.51. The maximum absolute atomic E-state index is 5.68. The van der Waals surface area contributed by atoms with Gasteiger partial charge in [0.2, 0.25) is 5.16 Å². The monoisotopic (exact) mass is 368 g/mol. The second-order valence-corrected chi connectivity index (χ2v) is 6.98.